The summed E-state index contributed by atoms with van der Waals surface area (Å²) in [6.07, 6.45) is 3.52. The van der Waals surface area contributed by atoms with E-state index >= 15 is 0 Å². The van der Waals surface area contributed by atoms with Gasteiger partial charge in [0, 0.05) is 0 Å². The summed E-state index contributed by atoms with van der Waals surface area (Å²) < 4.78 is 16.7. The molecule has 0 aromatic carbocycles. The Hall–Kier alpha value is 0.0969. The lowest BCUT2D eigenvalue weighted by atomic mass is 10.3. The minimum atomic E-state index is -1.25. The Morgan fingerprint density at radius 3 is 2.53 bits per heavy atom. The Morgan fingerprint density at radius 2 is 2.00 bits per heavy atom. The zero-order valence-electron chi connectivity index (χ0n) is 10.4. The molecule has 3 nitrogen and oxygen atoms in total. The maximum atomic E-state index is 5.72. The van der Waals surface area contributed by atoms with Crippen LogP contribution in [0.3, 0.4) is 0 Å². The van der Waals surface area contributed by atoms with Crippen molar-refractivity contribution in [3.8, 4) is 0 Å². The first-order chi connectivity index (χ1) is 7.04. The molecule has 0 spiro atoms. The highest BCUT2D eigenvalue weighted by Crippen LogP contribution is 2.21. The molecule has 1 heterocycles. The van der Waals surface area contributed by atoms with E-state index in [0.717, 1.165) is 13.0 Å². The molecule has 4 heteroatoms. The first kappa shape index (κ1) is 13.2. The molecule has 1 aliphatic rings. The zero-order valence-corrected chi connectivity index (χ0v) is 11.4. The van der Waals surface area contributed by atoms with Crippen LogP contribution in [-0.2, 0) is 14.2 Å². The molecule has 0 bridgehead atoms. The molecule has 1 rings (SSSR count). The van der Waals surface area contributed by atoms with Crippen LogP contribution in [0.25, 0.3) is 0 Å². The highest BCUT2D eigenvalue weighted by molar-refractivity contribution is 6.77. The van der Waals surface area contributed by atoms with Gasteiger partial charge in [-0.3, -0.25) is 0 Å². The van der Waals surface area contributed by atoms with E-state index in [0.29, 0.717) is 6.61 Å². The molecular formula is C11H24O3Si. The summed E-state index contributed by atoms with van der Waals surface area (Å²) in [5.41, 5.74) is 0.286. The predicted molar refractivity (Wildman–Crippen MR) is 63.4 cm³/mol. The van der Waals surface area contributed by atoms with E-state index in [9.17, 15) is 0 Å². The fourth-order valence-electron chi connectivity index (χ4n) is 1.45. The Labute approximate surface area is 94.1 Å². The van der Waals surface area contributed by atoms with Gasteiger partial charge >= 0.3 is 0 Å². The molecule has 0 saturated carbocycles. The van der Waals surface area contributed by atoms with Gasteiger partial charge in [-0.15, -0.1) is 0 Å². The second kappa shape index (κ2) is 5.99. The first-order valence-electron chi connectivity index (χ1n) is 5.92. The number of unbranched alkanes of at least 4 members (excludes halogenated alkanes) is 2. The van der Waals surface area contributed by atoms with Crippen molar-refractivity contribution < 1.29 is 14.2 Å². The maximum Gasteiger partial charge on any atom is 0.271 e. The molecule has 2 unspecified atom stereocenters. The van der Waals surface area contributed by atoms with E-state index in [4.69, 9.17) is 14.2 Å². The van der Waals surface area contributed by atoms with E-state index in [1.807, 2.05) is 0 Å². The van der Waals surface area contributed by atoms with Crippen molar-refractivity contribution in [1.82, 2.24) is 0 Å². The Kier molecular flexibility index (Phi) is 5.25. The fraction of sp³-hybridized carbons (Fsp3) is 1.00. The van der Waals surface area contributed by atoms with Gasteiger partial charge in [-0.25, -0.2) is 0 Å². The zero-order chi connectivity index (χ0) is 11.3. The fourth-order valence-corrected chi connectivity index (χ4v) is 2.57. The number of rotatable bonds is 6. The van der Waals surface area contributed by atoms with Gasteiger partial charge in [-0.2, -0.15) is 0 Å². The topological polar surface area (TPSA) is 27.7 Å². The SMILES string of the molecule is CCCCCOC1OCC([Si](C)(C)C)O1. The molecule has 1 aliphatic heterocycles. The molecule has 0 N–H and O–H groups in total. The van der Waals surface area contributed by atoms with Crippen LogP contribution in [0.1, 0.15) is 26.2 Å². The van der Waals surface area contributed by atoms with Crippen LogP contribution in [0.4, 0.5) is 0 Å². The number of ether oxygens (including phenoxy) is 3. The van der Waals surface area contributed by atoms with Crippen molar-refractivity contribution in [3.05, 3.63) is 0 Å². The van der Waals surface area contributed by atoms with Crippen molar-refractivity contribution in [2.24, 2.45) is 0 Å². The third-order valence-electron chi connectivity index (χ3n) is 2.63. The van der Waals surface area contributed by atoms with Gasteiger partial charge in [0.05, 0.1) is 27.0 Å². The van der Waals surface area contributed by atoms with Gasteiger partial charge in [-0.1, -0.05) is 39.4 Å². The molecular weight excluding hydrogens is 208 g/mol. The Bertz CT molecular complexity index is 179. The van der Waals surface area contributed by atoms with Crippen LogP contribution in [0.2, 0.25) is 19.6 Å². The second-order valence-corrected chi connectivity index (χ2v) is 10.6. The smallest absolute Gasteiger partial charge is 0.271 e. The van der Waals surface area contributed by atoms with Crippen LogP contribution in [-0.4, -0.2) is 33.5 Å². The summed E-state index contributed by atoms with van der Waals surface area (Å²) in [5, 5.41) is 0. The van der Waals surface area contributed by atoms with Crippen LogP contribution in [0.5, 0.6) is 0 Å². The standard InChI is InChI=1S/C11H24O3Si/c1-5-6-7-8-12-11-13-9-10(14-11)15(2,3)4/h10-11H,5-9H2,1-4H3. The summed E-state index contributed by atoms with van der Waals surface area (Å²) in [6, 6.07) is 0. The normalized spacial score (nSPS) is 27.2. The molecule has 0 aliphatic carbocycles. The van der Waals surface area contributed by atoms with E-state index in [1.165, 1.54) is 12.8 Å². The summed E-state index contributed by atoms with van der Waals surface area (Å²) in [6.45, 7) is 10.1. The Balaban J connectivity index is 2.14. The van der Waals surface area contributed by atoms with Crippen molar-refractivity contribution in [2.45, 2.75) is 58.0 Å². The molecule has 1 fully saturated rings. The molecule has 90 valence electrons. The quantitative estimate of drug-likeness (QED) is 0.520. The second-order valence-electron chi connectivity index (χ2n) is 5.19. The molecule has 15 heavy (non-hydrogen) atoms. The molecule has 0 aromatic rings. The summed E-state index contributed by atoms with van der Waals surface area (Å²) in [4.78, 5) is 0. The molecule has 0 amide bonds. The van der Waals surface area contributed by atoms with Crippen molar-refractivity contribution >= 4 is 8.07 Å². The molecule has 0 aromatic heterocycles. The third-order valence-corrected chi connectivity index (χ3v) is 4.86. The largest absolute Gasteiger partial charge is 0.330 e. The Morgan fingerprint density at radius 1 is 1.27 bits per heavy atom. The molecule has 0 radical (unpaired) electrons. The molecule has 1 saturated heterocycles. The third kappa shape index (κ3) is 4.63. The summed E-state index contributed by atoms with van der Waals surface area (Å²) in [5.74, 6) is 0. The van der Waals surface area contributed by atoms with E-state index < -0.39 is 14.5 Å². The average Bonchev–Trinajstić information content (AvgIpc) is 2.60. The minimum absolute atomic E-state index is 0.286. The lowest BCUT2D eigenvalue weighted by molar-refractivity contribution is -0.233. The van der Waals surface area contributed by atoms with Gasteiger partial charge in [0.25, 0.3) is 6.48 Å². The average molecular weight is 232 g/mol. The van der Waals surface area contributed by atoms with Gasteiger partial charge in [-0.05, 0) is 6.42 Å². The van der Waals surface area contributed by atoms with Crippen LogP contribution in [0.15, 0.2) is 0 Å². The van der Waals surface area contributed by atoms with Gasteiger partial charge in [0.2, 0.25) is 0 Å². The van der Waals surface area contributed by atoms with Crippen molar-refractivity contribution in [1.29, 1.82) is 0 Å². The van der Waals surface area contributed by atoms with Gasteiger partial charge in [0.15, 0.2) is 0 Å². The number of hydrogen-bond acceptors (Lipinski definition) is 3. The predicted octanol–water partition coefficient (Wildman–Crippen LogP) is 2.77. The van der Waals surface area contributed by atoms with Crippen molar-refractivity contribution in [2.75, 3.05) is 13.2 Å². The van der Waals surface area contributed by atoms with Gasteiger partial charge < -0.3 is 14.2 Å². The van der Waals surface area contributed by atoms with Gasteiger partial charge in [0.1, 0.15) is 0 Å². The first-order valence-corrected chi connectivity index (χ1v) is 9.50. The van der Waals surface area contributed by atoms with E-state index in [-0.39, 0.29) is 5.73 Å². The lowest BCUT2D eigenvalue weighted by Gasteiger charge is -2.22. The monoisotopic (exact) mass is 232 g/mol. The number of hydrogen-bond donors (Lipinski definition) is 0. The summed E-state index contributed by atoms with van der Waals surface area (Å²) >= 11 is 0. The van der Waals surface area contributed by atoms with Crippen LogP contribution < -0.4 is 0 Å². The minimum Gasteiger partial charge on any atom is -0.330 e. The highest BCUT2D eigenvalue weighted by atomic mass is 28.3. The highest BCUT2D eigenvalue weighted by Gasteiger charge is 2.36. The molecule has 2 atom stereocenters. The lowest BCUT2D eigenvalue weighted by Crippen LogP contribution is -2.40. The maximum absolute atomic E-state index is 5.72. The van der Waals surface area contributed by atoms with Crippen molar-refractivity contribution in [3.63, 3.8) is 0 Å². The van der Waals surface area contributed by atoms with E-state index in [2.05, 4.69) is 26.6 Å². The van der Waals surface area contributed by atoms with E-state index in [1.54, 1.807) is 0 Å². The van der Waals surface area contributed by atoms with Crippen LogP contribution >= 0.6 is 0 Å². The summed E-state index contributed by atoms with van der Waals surface area (Å²) in [7, 11) is -1.25. The van der Waals surface area contributed by atoms with Crippen LogP contribution in [0, 0.1) is 0 Å².